The number of barbiturate groups is 1. The van der Waals surface area contributed by atoms with Gasteiger partial charge < -0.3 is 9.64 Å². The van der Waals surface area contributed by atoms with E-state index in [0.717, 1.165) is 27.3 Å². The lowest BCUT2D eigenvalue weighted by atomic mass is 9.66. The number of fused-ring (bicyclic) bond motifs is 4. The van der Waals surface area contributed by atoms with Crippen LogP contribution >= 0.6 is 0 Å². The fourth-order valence-electron chi connectivity index (χ4n) is 6.35. The molecule has 3 aliphatic heterocycles. The number of ether oxygens (including phenoxy) is 1. The van der Waals surface area contributed by atoms with Crippen LogP contribution in [0.3, 0.4) is 0 Å². The molecule has 0 radical (unpaired) electrons. The first-order valence-electron chi connectivity index (χ1n) is 11.9. The maximum absolute atomic E-state index is 14.5. The summed E-state index contributed by atoms with van der Waals surface area (Å²) in [5, 5.41) is 14.0. The number of benzene rings is 2. The Morgan fingerprint density at radius 2 is 1.75 bits per heavy atom. The lowest BCUT2D eigenvalue weighted by Crippen LogP contribution is -2.76. The number of imide groups is 2. The second-order valence-electron chi connectivity index (χ2n) is 10.1. The van der Waals surface area contributed by atoms with Gasteiger partial charge in [0.1, 0.15) is 0 Å². The van der Waals surface area contributed by atoms with Crippen molar-refractivity contribution in [2.45, 2.75) is 59.3 Å². The molecule has 10 nitrogen and oxygen atoms in total. The van der Waals surface area contributed by atoms with Crippen LogP contribution in [-0.4, -0.2) is 47.6 Å². The number of nitro groups is 1. The van der Waals surface area contributed by atoms with Gasteiger partial charge in [0.25, 0.3) is 11.6 Å². The van der Waals surface area contributed by atoms with Crippen LogP contribution in [0.4, 0.5) is 21.9 Å². The van der Waals surface area contributed by atoms with Crippen LogP contribution in [0.2, 0.25) is 0 Å². The molecule has 188 valence electrons. The highest BCUT2D eigenvalue weighted by Gasteiger charge is 2.65. The maximum atomic E-state index is 14.5. The average Bonchev–Trinajstić information content (AvgIpc) is 2.78. The third-order valence-corrected chi connectivity index (χ3v) is 7.51. The molecule has 2 fully saturated rings. The number of nitrogens with zero attached hydrogens (tertiary/aromatic N) is 3. The zero-order valence-corrected chi connectivity index (χ0v) is 20.8. The minimum atomic E-state index is -1.72. The van der Waals surface area contributed by atoms with E-state index in [-0.39, 0.29) is 18.2 Å². The Morgan fingerprint density at radius 1 is 1.08 bits per heavy atom. The van der Waals surface area contributed by atoms with Gasteiger partial charge in [0.05, 0.1) is 28.9 Å². The first-order chi connectivity index (χ1) is 17.0. The zero-order chi connectivity index (χ0) is 26.1. The van der Waals surface area contributed by atoms with Crippen LogP contribution in [0.15, 0.2) is 30.3 Å². The van der Waals surface area contributed by atoms with Crippen LogP contribution < -0.4 is 15.1 Å². The molecule has 4 amide bonds. The summed E-state index contributed by atoms with van der Waals surface area (Å²) in [6.07, 6.45) is -0.816. The molecule has 0 aromatic heterocycles. The quantitative estimate of drug-likeness (QED) is 0.388. The molecule has 2 aromatic rings. The Balaban J connectivity index is 1.73. The number of nitrogens with one attached hydrogen (secondary N) is 1. The minimum Gasteiger partial charge on any atom is -0.372 e. The number of aryl methyl sites for hydroxylation is 3. The van der Waals surface area contributed by atoms with Crippen molar-refractivity contribution in [1.82, 2.24) is 5.32 Å². The summed E-state index contributed by atoms with van der Waals surface area (Å²) in [5.74, 6) is -1.36. The van der Waals surface area contributed by atoms with Crippen LogP contribution in [0, 0.1) is 36.3 Å². The van der Waals surface area contributed by atoms with Gasteiger partial charge in [0, 0.05) is 30.8 Å². The van der Waals surface area contributed by atoms with Crippen molar-refractivity contribution >= 4 is 34.9 Å². The number of anilines is 2. The van der Waals surface area contributed by atoms with E-state index < -0.39 is 40.3 Å². The summed E-state index contributed by atoms with van der Waals surface area (Å²) >= 11 is 0. The SMILES string of the molecule is Cc1cc(C)c(N2C(=O)NC(=O)[C@]3(Cc4cc([N+](=O)[O-])ccc4N4C[C@@H](C)O[C@@H](C)[C@@H]43)C2=O)c(C)c1. The highest BCUT2D eigenvalue weighted by Crippen LogP contribution is 2.49. The summed E-state index contributed by atoms with van der Waals surface area (Å²) in [4.78, 5) is 55.4. The number of carbonyl (C=O) groups excluding carboxylic acids is 3. The maximum Gasteiger partial charge on any atom is 0.335 e. The van der Waals surface area contributed by atoms with Gasteiger partial charge in [-0.2, -0.15) is 0 Å². The average molecular weight is 493 g/mol. The fourth-order valence-corrected chi connectivity index (χ4v) is 6.35. The second-order valence-corrected chi connectivity index (χ2v) is 10.1. The van der Waals surface area contributed by atoms with Crippen LogP contribution in [0.25, 0.3) is 0 Å². The van der Waals surface area contributed by atoms with Crippen molar-refractivity contribution in [3.8, 4) is 0 Å². The largest absolute Gasteiger partial charge is 0.372 e. The molecule has 3 heterocycles. The highest BCUT2D eigenvalue weighted by atomic mass is 16.6. The molecule has 36 heavy (non-hydrogen) atoms. The molecule has 4 atom stereocenters. The van der Waals surface area contributed by atoms with Crippen molar-refractivity contribution in [1.29, 1.82) is 0 Å². The van der Waals surface area contributed by atoms with Crippen molar-refractivity contribution in [3.05, 3.63) is 62.7 Å². The van der Waals surface area contributed by atoms with E-state index in [1.165, 1.54) is 12.1 Å². The van der Waals surface area contributed by atoms with Gasteiger partial charge in [-0.05, 0) is 57.4 Å². The lowest BCUT2D eigenvalue weighted by Gasteiger charge is -2.56. The van der Waals surface area contributed by atoms with Crippen LogP contribution in [0.5, 0.6) is 0 Å². The number of amides is 4. The van der Waals surface area contributed by atoms with E-state index in [2.05, 4.69) is 5.32 Å². The van der Waals surface area contributed by atoms with Crippen LogP contribution in [-0.2, 0) is 20.7 Å². The molecule has 1 N–H and O–H groups in total. The molecule has 10 heteroatoms. The van der Waals surface area contributed by atoms with Crippen molar-refractivity contribution in [2.24, 2.45) is 5.41 Å². The number of hydrogen-bond donors (Lipinski definition) is 1. The van der Waals surface area contributed by atoms with Gasteiger partial charge >= 0.3 is 6.03 Å². The van der Waals surface area contributed by atoms with Gasteiger partial charge in [-0.25, -0.2) is 9.69 Å². The molecule has 2 aromatic carbocycles. The van der Waals surface area contributed by atoms with Crippen molar-refractivity contribution in [3.63, 3.8) is 0 Å². The third kappa shape index (κ3) is 3.31. The monoisotopic (exact) mass is 492 g/mol. The third-order valence-electron chi connectivity index (χ3n) is 7.51. The van der Waals surface area contributed by atoms with Gasteiger partial charge in [-0.1, -0.05) is 17.7 Å². The van der Waals surface area contributed by atoms with E-state index in [9.17, 15) is 24.5 Å². The predicted octanol–water partition coefficient (Wildman–Crippen LogP) is 3.33. The Bertz CT molecular complexity index is 1320. The number of hydrogen-bond acceptors (Lipinski definition) is 7. The van der Waals surface area contributed by atoms with E-state index >= 15 is 0 Å². The summed E-state index contributed by atoms with van der Waals surface area (Å²) in [6, 6.07) is 6.76. The topological polar surface area (TPSA) is 122 Å². The summed E-state index contributed by atoms with van der Waals surface area (Å²) in [5.41, 5.74) is 2.26. The van der Waals surface area contributed by atoms with Gasteiger partial charge in [0.15, 0.2) is 5.41 Å². The molecule has 0 unspecified atom stereocenters. The Labute approximate surface area is 208 Å². The number of rotatable bonds is 2. The number of nitro benzene ring substituents is 1. The molecule has 3 aliphatic rings. The number of urea groups is 1. The molecule has 0 saturated carbocycles. The first-order valence-corrected chi connectivity index (χ1v) is 11.9. The van der Waals surface area contributed by atoms with E-state index in [4.69, 9.17) is 4.74 Å². The van der Waals surface area contributed by atoms with Gasteiger partial charge in [-0.15, -0.1) is 0 Å². The fraction of sp³-hybridized carbons (Fsp3) is 0.423. The Hall–Kier alpha value is -3.79. The Kier molecular flexibility index (Phi) is 5.40. The molecule has 2 saturated heterocycles. The van der Waals surface area contributed by atoms with E-state index in [0.29, 0.717) is 17.8 Å². The predicted molar refractivity (Wildman–Crippen MR) is 132 cm³/mol. The Morgan fingerprint density at radius 3 is 2.39 bits per heavy atom. The summed E-state index contributed by atoms with van der Waals surface area (Å²) < 4.78 is 6.10. The molecule has 0 bridgehead atoms. The van der Waals surface area contributed by atoms with Gasteiger partial charge in [-0.3, -0.25) is 25.0 Å². The summed E-state index contributed by atoms with van der Waals surface area (Å²) in [7, 11) is 0. The molecule has 0 aliphatic carbocycles. The van der Waals surface area contributed by atoms with E-state index in [1.807, 2.05) is 51.7 Å². The lowest BCUT2D eigenvalue weighted by molar-refractivity contribution is -0.384. The second kappa shape index (κ2) is 8.12. The molecular formula is C26H28N4O6. The molecule has 5 rings (SSSR count). The summed E-state index contributed by atoms with van der Waals surface area (Å²) in [6.45, 7) is 9.67. The highest BCUT2D eigenvalue weighted by molar-refractivity contribution is 6.31. The zero-order valence-electron chi connectivity index (χ0n) is 20.8. The smallest absolute Gasteiger partial charge is 0.335 e. The van der Waals surface area contributed by atoms with E-state index in [1.54, 1.807) is 6.07 Å². The first kappa shape index (κ1) is 23.9. The molecular weight excluding hydrogens is 464 g/mol. The number of morpholine rings is 1. The van der Waals surface area contributed by atoms with Gasteiger partial charge in [0.2, 0.25) is 5.91 Å². The van der Waals surface area contributed by atoms with Crippen molar-refractivity contribution in [2.75, 3.05) is 16.3 Å². The van der Waals surface area contributed by atoms with Crippen molar-refractivity contribution < 1.29 is 24.0 Å². The normalized spacial score (nSPS) is 27.6. The minimum absolute atomic E-state index is 0.0916. The van der Waals surface area contributed by atoms with Crippen LogP contribution in [0.1, 0.15) is 36.1 Å². The standard InChI is InChI=1S/C26H28N4O6/c1-13-8-14(2)21(15(3)9-13)29-24(32)26(23(31)27-25(29)33)11-18-10-19(30(34)35)6-7-20(18)28-12-16(4)36-17(5)22(26)28/h6-10,16-17,22H,11-12H2,1-5H3,(H,27,31,33)/t16-,17+,22-,26-/m1/s1. The number of non-ortho nitro benzene ring substituents is 1. The molecule has 1 spiro atoms. The number of carbonyl (C=O) groups is 3.